The van der Waals surface area contributed by atoms with Gasteiger partial charge in [-0.1, -0.05) is 36.5 Å². The van der Waals surface area contributed by atoms with E-state index in [1.54, 1.807) is 0 Å². The largest absolute Gasteiger partial charge is 0.293 e. The van der Waals surface area contributed by atoms with Gasteiger partial charge >= 0.3 is 0 Å². The Balaban J connectivity index is 2.34. The zero-order chi connectivity index (χ0) is 10.8. The average Bonchev–Trinajstić information content (AvgIpc) is 2.29. The lowest BCUT2D eigenvalue weighted by Gasteiger charge is -2.22. The predicted octanol–water partition coefficient (Wildman–Crippen LogP) is 3.12. The maximum absolute atomic E-state index is 12.1. The number of rotatable bonds is 1. The third-order valence-electron chi connectivity index (χ3n) is 2.79. The summed E-state index contributed by atoms with van der Waals surface area (Å²) >= 11 is 6.74. The zero-order valence-corrected chi connectivity index (χ0v) is 10.2. The van der Waals surface area contributed by atoms with Gasteiger partial charge in [0.15, 0.2) is 5.78 Å². The van der Waals surface area contributed by atoms with Crippen molar-refractivity contribution < 1.29 is 4.79 Å². The van der Waals surface area contributed by atoms with Gasteiger partial charge in [0.05, 0.1) is 10.1 Å². The quantitative estimate of drug-likeness (QED) is 0.697. The van der Waals surface area contributed by atoms with E-state index in [0.29, 0.717) is 0 Å². The van der Waals surface area contributed by atoms with Crippen molar-refractivity contribution in [3.8, 4) is 0 Å². The maximum Gasteiger partial charge on any atom is 0.171 e. The lowest BCUT2D eigenvalue weighted by atomic mass is 9.84. The molecule has 0 aromatic heterocycles. The maximum atomic E-state index is 12.1. The number of hydrogen-bond acceptors (Lipinski definition) is 3. The highest BCUT2D eigenvalue weighted by atomic mass is 32.2. The molecule has 1 aliphatic rings. The number of fused-ring (bicyclic) bond motifs is 1. The third-order valence-corrected chi connectivity index (χ3v) is 4.26. The summed E-state index contributed by atoms with van der Waals surface area (Å²) in [5, 5.41) is 0. The lowest BCUT2D eigenvalue weighted by Crippen LogP contribution is -2.26. The smallest absolute Gasteiger partial charge is 0.171 e. The zero-order valence-electron chi connectivity index (χ0n) is 8.53. The Morgan fingerprint density at radius 2 is 2.20 bits per heavy atom. The topological polar surface area (TPSA) is 17.1 Å². The van der Waals surface area contributed by atoms with Crippen LogP contribution < -0.4 is 0 Å². The normalized spacial score (nSPS) is 19.8. The molecule has 0 N–H and O–H groups in total. The van der Waals surface area contributed by atoms with Crippen molar-refractivity contribution in [1.29, 1.82) is 0 Å². The summed E-state index contributed by atoms with van der Waals surface area (Å²) in [5.41, 5.74) is 2.04. The standard InChI is InChI=1S/C12H12OS2/c1-15-12(14)10-7-6-8-4-2-3-5-9(8)11(10)13/h2-5,10H,6-7H2,1H3/t10-/m1/s1. The first-order chi connectivity index (χ1) is 7.24. The van der Waals surface area contributed by atoms with Crippen molar-refractivity contribution in [1.82, 2.24) is 0 Å². The minimum absolute atomic E-state index is 0.0510. The Morgan fingerprint density at radius 1 is 1.47 bits per heavy atom. The minimum Gasteiger partial charge on any atom is -0.293 e. The lowest BCUT2D eigenvalue weighted by molar-refractivity contribution is 0.0943. The van der Waals surface area contributed by atoms with Gasteiger partial charge in [0.1, 0.15) is 0 Å². The van der Waals surface area contributed by atoms with Crippen LogP contribution in [0.2, 0.25) is 0 Å². The SMILES string of the molecule is CSC(=S)[C@@H]1CCc2ccccc2C1=O. The Morgan fingerprint density at radius 3 is 2.93 bits per heavy atom. The van der Waals surface area contributed by atoms with E-state index in [1.807, 2.05) is 30.5 Å². The monoisotopic (exact) mass is 236 g/mol. The highest BCUT2D eigenvalue weighted by molar-refractivity contribution is 8.22. The number of aryl methyl sites for hydroxylation is 1. The van der Waals surface area contributed by atoms with Gasteiger partial charge in [-0.3, -0.25) is 4.79 Å². The molecule has 0 unspecified atom stereocenters. The van der Waals surface area contributed by atoms with Crippen molar-refractivity contribution in [2.75, 3.05) is 6.26 Å². The van der Waals surface area contributed by atoms with Crippen molar-refractivity contribution in [2.45, 2.75) is 12.8 Å². The fraction of sp³-hybridized carbons (Fsp3) is 0.333. The number of thioether (sulfide) groups is 1. The van der Waals surface area contributed by atoms with Gasteiger partial charge in [-0.15, -0.1) is 11.8 Å². The third kappa shape index (κ3) is 1.99. The number of benzene rings is 1. The van der Waals surface area contributed by atoms with E-state index < -0.39 is 0 Å². The molecule has 0 aliphatic heterocycles. The molecule has 0 fully saturated rings. The molecule has 1 aromatic rings. The van der Waals surface area contributed by atoms with Gasteiger partial charge in [0, 0.05) is 5.56 Å². The van der Waals surface area contributed by atoms with Crippen LogP contribution in [0.3, 0.4) is 0 Å². The second-order valence-electron chi connectivity index (χ2n) is 3.64. The van der Waals surface area contributed by atoms with Gasteiger partial charge in [0.2, 0.25) is 0 Å². The molecule has 15 heavy (non-hydrogen) atoms. The molecule has 2 rings (SSSR count). The highest BCUT2D eigenvalue weighted by Crippen LogP contribution is 2.28. The number of ketones is 1. The fourth-order valence-corrected chi connectivity index (χ4v) is 2.70. The van der Waals surface area contributed by atoms with Crippen molar-refractivity contribution >= 4 is 34.0 Å². The Bertz CT molecular complexity index is 412. The number of thiocarbonyl (C=S) groups is 1. The average molecular weight is 236 g/mol. The molecule has 1 aliphatic carbocycles. The Labute approximate surface area is 99.3 Å². The molecule has 0 heterocycles. The molecule has 1 nitrogen and oxygen atoms in total. The molecule has 0 radical (unpaired) electrons. The van der Waals surface area contributed by atoms with E-state index in [0.717, 1.165) is 22.6 Å². The van der Waals surface area contributed by atoms with E-state index in [2.05, 4.69) is 0 Å². The van der Waals surface area contributed by atoms with E-state index >= 15 is 0 Å². The van der Waals surface area contributed by atoms with Crippen molar-refractivity contribution in [3.05, 3.63) is 35.4 Å². The summed E-state index contributed by atoms with van der Waals surface area (Å²) in [5.74, 6) is 0.154. The summed E-state index contributed by atoms with van der Waals surface area (Å²) in [7, 11) is 0. The second-order valence-corrected chi connectivity index (χ2v) is 5.18. The van der Waals surface area contributed by atoms with Crippen LogP contribution in [0, 0.1) is 5.92 Å². The second kappa shape index (κ2) is 4.45. The van der Waals surface area contributed by atoms with Crippen LogP contribution in [0.15, 0.2) is 24.3 Å². The van der Waals surface area contributed by atoms with Gasteiger partial charge in [-0.25, -0.2) is 0 Å². The van der Waals surface area contributed by atoms with Crippen molar-refractivity contribution in [3.63, 3.8) is 0 Å². The molecule has 1 atom stereocenters. The summed E-state index contributed by atoms with van der Waals surface area (Å²) in [6.45, 7) is 0. The Kier molecular flexibility index (Phi) is 3.22. The summed E-state index contributed by atoms with van der Waals surface area (Å²) in [6, 6.07) is 7.85. The highest BCUT2D eigenvalue weighted by Gasteiger charge is 2.29. The number of hydrogen-bond donors (Lipinski definition) is 0. The predicted molar refractivity (Wildman–Crippen MR) is 68.7 cm³/mol. The molecule has 0 saturated heterocycles. The van der Waals surface area contributed by atoms with E-state index in [-0.39, 0.29) is 11.7 Å². The molecular formula is C12H12OS2. The molecule has 0 spiro atoms. The van der Waals surface area contributed by atoms with Crippen LogP contribution in [0.25, 0.3) is 0 Å². The van der Waals surface area contributed by atoms with Gasteiger partial charge in [-0.2, -0.15) is 0 Å². The Hall–Kier alpha value is -0.670. The number of carbonyl (C=O) groups excluding carboxylic acids is 1. The van der Waals surface area contributed by atoms with Crippen molar-refractivity contribution in [2.24, 2.45) is 5.92 Å². The van der Waals surface area contributed by atoms with Crippen LogP contribution >= 0.6 is 24.0 Å². The molecule has 0 bridgehead atoms. The minimum atomic E-state index is -0.0510. The first-order valence-corrected chi connectivity index (χ1v) is 6.57. The molecule has 0 saturated carbocycles. The molecule has 1 aromatic carbocycles. The van der Waals surface area contributed by atoms with Crippen LogP contribution in [0.5, 0.6) is 0 Å². The summed E-state index contributed by atoms with van der Waals surface area (Å²) < 4.78 is 0.828. The van der Waals surface area contributed by atoms with Crippen LogP contribution in [-0.2, 0) is 6.42 Å². The summed E-state index contributed by atoms with van der Waals surface area (Å²) in [6.07, 6.45) is 3.78. The first-order valence-electron chi connectivity index (χ1n) is 4.94. The van der Waals surface area contributed by atoms with E-state index in [1.165, 1.54) is 17.3 Å². The summed E-state index contributed by atoms with van der Waals surface area (Å²) in [4.78, 5) is 12.1. The first kappa shape index (κ1) is 10.8. The molecular weight excluding hydrogens is 224 g/mol. The fourth-order valence-electron chi connectivity index (χ4n) is 1.96. The molecule has 0 amide bonds. The van der Waals surface area contributed by atoms with Crippen LogP contribution in [-0.4, -0.2) is 16.2 Å². The molecule has 3 heteroatoms. The van der Waals surface area contributed by atoms with Gasteiger partial charge in [0.25, 0.3) is 0 Å². The van der Waals surface area contributed by atoms with Crippen LogP contribution in [0.4, 0.5) is 0 Å². The molecule has 78 valence electrons. The number of Topliss-reactive ketones (excluding diaryl/α,β-unsaturated/α-hetero) is 1. The number of carbonyl (C=O) groups is 1. The van der Waals surface area contributed by atoms with Crippen LogP contribution in [0.1, 0.15) is 22.3 Å². The van der Waals surface area contributed by atoms with E-state index in [4.69, 9.17) is 12.2 Å². The van der Waals surface area contributed by atoms with Gasteiger partial charge in [-0.05, 0) is 24.7 Å². The van der Waals surface area contributed by atoms with E-state index in [9.17, 15) is 4.79 Å². The van der Waals surface area contributed by atoms with Gasteiger partial charge < -0.3 is 0 Å².